The van der Waals surface area contributed by atoms with Crippen LogP contribution in [0.4, 0.5) is 0 Å². The van der Waals surface area contributed by atoms with E-state index in [1.54, 1.807) is 18.8 Å². The first-order valence-electron chi connectivity index (χ1n) is 6.69. The number of nitrogens with two attached hydrogens (primary N) is 1. The van der Waals surface area contributed by atoms with Gasteiger partial charge in [-0.25, -0.2) is 0 Å². The molecule has 4 N–H and O–H groups in total. The fourth-order valence-electron chi connectivity index (χ4n) is 1.94. The number of nitrogens with one attached hydrogen (secondary N) is 2. The Labute approximate surface area is 120 Å². The zero-order valence-corrected chi connectivity index (χ0v) is 13.0. The van der Waals surface area contributed by atoms with Gasteiger partial charge in [0.1, 0.15) is 0 Å². The second-order valence-corrected chi connectivity index (χ2v) is 5.58. The SMILES string of the molecule is CNCCCCC(NC)C(=O)CC(CSC)C(N)=O. The van der Waals surface area contributed by atoms with E-state index in [-0.39, 0.29) is 30.1 Å². The Balaban J connectivity index is 4.21. The first-order valence-corrected chi connectivity index (χ1v) is 8.09. The van der Waals surface area contributed by atoms with Gasteiger partial charge in [0.05, 0.1) is 12.0 Å². The molecule has 0 aliphatic rings. The van der Waals surface area contributed by atoms with E-state index in [9.17, 15) is 9.59 Å². The van der Waals surface area contributed by atoms with Gasteiger partial charge in [-0.05, 0) is 39.7 Å². The van der Waals surface area contributed by atoms with Crippen molar-refractivity contribution in [2.24, 2.45) is 11.7 Å². The molecule has 112 valence electrons. The van der Waals surface area contributed by atoms with Gasteiger partial charge in [0.15, 0.2) is 5.78 Å². The monoisotopic (exact) mass is 289 g/mol. The number of thioether (sulfide) groups is 1. The van der Waals surface area contributed by atoms with E-state index in [0.29, 0.717) is 5.75 Å². The molecule has 2 atom stereocenters. The molecule has 0 saturated carbocycles. The van der Waals surface area contributed by atoms with Gasteiger partial charge in [-0.3, -0.25) is 9.59 Å². The van der Waals surface area contributed by atoms with Crippen LogP contribution in [-0.2, 0) is 9.59 Å². The maximum Gasteiger partial charge on any atom is 0.221 e. The van der Waals surface area contributed by atoms with Crippen molar-refractivity contribution in [3.63, 3.8) is 0 Å². The Kier molecular flexibility index (Phi) is 10.9. The zero-order valence-electron chi connectivity index (χ0n) is 12.2. The van der Waals surface area contributed by atoms with Crippen molar-refractivity contribution in [3.8, 4) is 0 Å². The van der Waals surface area contributed by atoms with Gasteiger partial charge in [-0.15, -0.1) is 0 Å². The van der Waals surface area contributed by atoms with Crippen molar-refractivity contribution >= 4 is 23.5 Å². The highest BCUT2D eigenvalue weighted by atomic mass is 32.2. The van der Waals surface area contributed by atoms with E-state index >= 15 is 0 Å². The molecular weight excluding hydrogens is 262 g/mol. The van der Waals surface area contributed by atoms with Crippen LogP contribution in [0.15, 0.2) is 0 Å². The van der Waals surface area contributed by atoms with E-state index in [1.807, 2.05) is 13.3 Å². The van der Waals surface area contributed by atoms with Crippen molar-refractivity contribution in [1.29, 1.82) is 0 Å². The topological polar surface area (TPSA) is 84.2 Å². The zero-order chi connectivity index (χ0) is 14.7. The van der Waals surface area contributed by atoms with Crippen LogP contribution in [0.5, 0.6) is 0 Å². The van der Waals surface area contributed by atoms with Crippen LogP contribution in [0.25, 0.3) is 0 Å². The molecule has 2 unspecified atom stereocenters. The first-order chi connectivity index (χ1) is 9.06. The van der Waals surface area contributed by atoms with Crippen LogP contribution < -0.4 is 16.4 Å². The molecule has 0 spiro atoms. The maximum atomic E-state index is 12.1. The Bertz CT molecular complexity index is 275. The minimum Gasteiger partial charge on any atom is -0.369 e. The van der Waals surface area contributed by atoms with Gasteiger partial charge in [0.2, 0.25) is 5.91 Å². The first kappa shape index (κ1) is 18.4. The summed E-state index contributed by atoms with van der Waals surface area (Å²) in [5.74, 6) is -0.0368. The van der Waals surface area contributed by atoms with Crippen LogP contribution >= 0.6 is 11.8 Å². The summed E-state index contributed by atoms with van der Waals surface area (Å²) in [6, 6.07) is -0.166. The molecular formula is C13H27N3O2S. The molecule has 0 heterocycles. The number of primary amides is 1. The average molecular weight is 289 g/mol. The number of hydrogen-bond acceptors (Lipinski definition) is 5. The standard InChI is InChI=1S/C13H27N3O2S/c1-15-7-5-4-6-11(16-2)12(17)8-10(9-19-3)13(14)18/h10-11,15-16H,4-9H2,1-3H3,(H2,14,18). The average Bonchev–Trinajstić information content (AvgIpc) is 2.38. The van der Waals surface area contributed by atoms with Crippen molar-refractivity contribution in [3.05, 3.63) is 0 Å². The minimum absolute atomic E-state index is 0.0878. The number of Topliss-reactive ketones (excluding diaryl/α,β-unsaturated/α-hetero) is 1. The summed E-state index contributed by atoms with van der Waals surface area (Å²) in [5, 5.41) is 6.12. The van der Waals surface area contributed by atoms with E-state index < -0.39 is 0 Å². The highest BCUT2D eigenvalue weighted by Crippen LogP contribution is 2.13. The Morgan fingerprint density at radius 2 is 1.95 bits per heavy atom. The predicted octanol–water partition coefficient (Wildman–Crippen LogP) is 0.388. The molecule has 0 radical (unpaired) electrons. The lowest BCUT2D eigenvalue weighted by Crippen LogP contribution is -2.38. The van der Waals surface area contributed by atoms with Crippen molar-refractivity contribution in [2.75, 3.05) is 32.6 Å². The van der Waals surface area contributed by atoms with Gasteiger partial charge < -0.3 is 16.4 Å². The predicted molar refractivity (Wildman–Crippen MR) is 81.3 cm³/mol. The lowest BCUT2D eigenvalue weighted by molar-refractivity contribution is -0.127. The van der Waals surface area contributed by atoms with Gasteiger partial charge in [0, 0.05) is 12.2 Å². The fraction of sp³-hybridized carbons (Fsp3) is 0.846. The number of unbranched alkanes of at least 4 members (excludes halogenated alkanes) is 1. The maximum absolute atomic E-state index is 12.1. The molecule has 6 heteroatoms. The fourth-order valence-corrected chi connectivity index (χ4v) is 2.63. The summed E-state index contributed by atoms with van der Waals surface area (Å²) in [4.78, 5) is 23.4. The van der Waals surface area contributed by atoms with Crippen LogP contribution in [0, 0.1) is 5.92 Å². The molecule has 5 nitrogen and oxygen atoms in total. The quantitative estimate of drug-likeness (QED) is 0.453. The highest BCUT2D eigenvalue weighted by molar-refractivity contribution is 7.98. The van der Waals surface area contributed by atoms with Crippen LogP contribution in [-0.4, -0.2) is 50.4 Å². The van der Waals surface area contributed by atoms with Crippen LogP contribution in [0.3, 0.4) is 0 Å². The summed E-state index contributed by atoms with van der Waals surface area (Å²) in [7, 11) is 3.70. The lowest BCUT2D eigenvalue weighted by atomic mass is 9.96. The van der Waals surface area contributed by atoms with Crippen molar-refractivity contribution in [1.82, 2.24) is 10.6 Å². The number of hydrogen-bond donors (Lipinski definition) is 3. The summed E-state index contributed by atoms with van der Waals surface area (Å²) in [6.07, 6.45) is 5.00. The number of rotatable bonds is 12. The minimum atomic E-state index is -0.382. The Morgan fingerprint density at radius 3 is 2.42 bits per heavy atom. The molecule has 0 aromatic heterocycles. The largest absolute Gasteiger partial charge is 0.369 e. The van der Waals surface area contributed by atoms with E-state index in [2.05, 4.69) is 10.6 Å². The molecule has 0 saturated heterocycles. The molecule has 0 aromatic carbocycles. The summed E-state index contributed by atoms with van der Waals surface area (Å²) in [5.41, 5.74) is 5.32. The van der Waals surface area contributed by atoms with Gasteiger partial charge in [-0.2, -0.15) is 11.8 Å². The smallest absolute Gasteiger partial charge is 0.221 e. The third-order valence-electron chi connectivity index (χ3n) is 3.12. The molecule has 19 heavy (non-hydrogen) atoms. The summed E-state index contributed by atoms with van der Waals surface area (Å²) >= 11 is 1.54. The normalized spacial score (nSPS) is 14.1. The lowest BCUT2D eigenvalue weighted by Gasteiger charge is -2.18. The summed E-state index contributed by atoms with van der Waals surface area (Å²) < 4.78 is 0. The van der Waals surface area contributed by atoms with E-state index in [4.69, 9.17) is 5.73 Å². The molecule has 1 amide bonds. The van der Waals surface area contributed by atoms with Crippen LogP contribution in [0.2, 0.25) is 0 Å². The third-order valence-corrected chi connectivity index (χ3v) is 3.86. The van der Waals surface area contributed by atoms with Gasteiger partial charge in [0.25, 0.3) is 0 Å². The summed E-state index contributed by atoms with van der Waals surface area (Å²) in [6.45, 7) is 0.959. The highest BCUT2D eigenvalue weighted by Gasteiger charge is 2.23. The molecule has 0 fully saturated rings. The number of amides is 1. The molecule has 0 aliphatic heterocycles. The molecule has 0 bridgehead atoms. The number of ketones is 1. The Morgan fingerprint density at radius 1 is 1.26 bits per heavy atom. The number of carbonyl (C=O) groups excluding carboxylic acids is 2. The van der Waals surface area contributed by atoms with E-state index in [1.165, 1.54) is 0 Å². The third kappa shape index (κ3) is 8.23. The molecule has 0 aromatic rings. The Hall–Kier alpha value is -0.590. The van der Waals surface area contributed by atoms with Gasteiger partial charge in [-0.1, -0.05) is 6.42 Å². The number of carbonyl (C=O) groups is 2. The second kappa shape index (κ2) is 11.3. The number of likely N-dealkylation sites (N-methyl/N-ethyl adjacent to an activating group) is 1. The second-order valence-electron chi connectivity index (χ2n) is 4.67. The van der Waals surface area contributed by atoms with Gasteiger partial charge >= 0.3 is 0 Å². The van der Waals surface area contributed by atoms with Crippen molar-refractivity contribution in [2.45, 2.75) is 31.7 Å². The molecule has 0 rings (SSSR count). The van der Waals surface area contributed by atoms with Crippen LogP contribution in [0.1, 0.15) is 25.7 Å². The molecule has 0 aliphatic carbocycles. The van der Waals surface area contributed by atoms with E-state index in [0.717, 1.165) is 25.8 Å². The van der Waals surface area contributed by atoms with Crippen molar-refractivity contribution < 1.29 is 9.59 Å².